The predicted octanol–water partition coefficient (Wildman–Crippen LogP) is 3.54. The van der Waals surface area contributed by atoms with Crippen molar-refractivity contribution in [3.8, 4) is 17.3 Å². The molecule has 2 nitrogen and oxygen atoms in total. The molecule has 0 aliphatic rings. The highest BCUT2D eigenvalue weighted by Gasteiger charge is 2.10. The third-order valence-electron chi connectivity index (χ3n) is 2.21. The van der Waals surface area contributed by atoms with Gasteiger partial charge < -0.3 is 0 Å². The first kappa shape index (κ1) is 11.7. The summed E-state index contributed by atoms with van der Waals surface area (Å²) in [5.41, 5.74) is 0.770. The summed E-state index contributed by atoms with van der Waals surface area (Å²) in [5.74, 6) is -1.23. The largest absolute Gasteiger partial charge is 0.241 e. The van der Waals surface area contributed by atoms with Crippen LogP contribution in [0.15, 0.2) is 23.6 Å². The Morgan fingerprint density at radius 3 is 2.88 bits per heavy atom. The molecule has 2 aromatic rings. The number of halogens is 2. The van der Waals surface area contributed by atoms with Crippen molar-refractivity contribution in [3.05, 3.63) is 40.2 Å². The van der Waals surface area contributed by atoms with Gasteiger partial charge in [0.15, 0.2) is 0 Å². The van der Waals surface area contributed by atoms with E-state index in [1.165, 1.54) is 23.5 Å². The molecular weight excluding hydrogens is 242 g/mol. The van der Waals surface area contributed by atoms with E-state index >= 15 is 0 Å². The smallest absolute Gasteiger partial charge is 0.135 e. The van der Waals surface area contributed by atoms with Crippen LogP contribution < -0.4 is 0 Å². The van der Waals surface area contributed by atoms with Gasteiger partial charge >= 0.3 is 0 Å². The van der Waals surface area contributed by atoms with Crippen molar-refractivity contribution in [1.29, 1.82) is 5.26 Å². The molecule has 5 heteroatoms. The minimum atomic E-state index is -0.623. The molecule has 0 amide bonds. The summed E-state index contributed by atoms with van der Waals surface area (Å²) >= 11 is 1.37. The van der Waals surface area contributed by atoms with E-state index < -0.39 is 11.6 Å². The molecule has 1 heterocycles. The number of hydrogen-bond donors (Lipinski definition) is 0. The van der Waals surface area contributed by atoms with Crippen molar-refractivity contribution in [2.45, 2.75) is 12.8 Å². The van der Waals surface area contributed by atoms with Gasteiger partial charge in [-0.3, -0.25) is 0 Å². The first-order valence-electron chi connectivity index (χ1n) is 4.97. The lowest BCUT2D eigenvalue weighted by atomic mass is 10.1. The third-order valence-corrected chi connectivity index (χ3v) is 3.12. The molecule has 0 atom stereocenters. The summed E-state index contributed by atoms with van der Waals surface area (Å²) in [4.78, 5) is 4.21. The summed E-state index contributed by atoms with van der Waals surface area (Å²) in [6.45, 7) is 0. The van der Waals surface area contributed by atoms with E-state index in [4.69, 9.17) is 5.26 Å². The number of rotatable bonds is 3. The molecule has 0 saturated carbocycles. The summed E-state index contributed by atoms with van der Waals surface area (Å²) < 4.78 is 26.2. The fourth-order valence-electron chi connectivity index (χ4n) is 1.41. The Morgan fingerprint density at radius 1 is 1.35 bits per heavy atom. The molecule has 0 aliphatic carbocycles. The van der Waals surface area contributed by atoms with Crippen LogP contribution >= 0.6 is 11.3 Å². The van der Waals surface area contributed by atoms with Crippen molar-refractivity contribution in [2.24, 2.45) is 0 Å². The molecule has 86 valence electrons. The van der Waals surface area contributed by atoms with Crippen LogP contribution in [0, 0.1) is 23.0 Å². The van der Waals surface area contributed by atoms with Crippen molar-refractivity contribution < 1.29 is 8.78 Å². The zero-order valence-corrected chi connectivity index (χ0v) is 9.60. The van der Waals surface area contributed by atoms with Crippen molar-refractivity contribution >= 4 is 11.3 Å². The highest BCUT2D eigenvalue weighted by atomic mass is 32.1. The van der Waals surface area contributed by atoms with Gasteiger partial charge in [-0.1, -0.05) is 0 Å². The Labute approximate surface area is 101 Å². The van der Waals surface area contributed by atoms with Crippen LogP contribution in [0.1, 0.15) is 11.4 Å². The SMILES string of the molecule is N#CCCc1nc(-c2ccc(F)cc2F)cs1. The first-order chi connectivity index (χ1) is 8.20. The van der Waals surface area contributed by atoms with Crippen molar-refractivity contribution in [3.63, 3.8) is 0 Å². The first-order valence-corrected chi connectivity index (χ1v) is 5.85. The molecule has 0 spiro atoms. The Bertz CT molecular complexity index is 572. The van der Waals surface area contributed by atoms with E-state index in [9.17, 15) is 8.78 Å². The van der Waals surface area contributed by atoms with Gasteiger partial charge in [-0.2, -0.15) is 5.26 Å². The fourth-order valence-corrected chi connectivity index (χ4v) is 2.21. The summed E-state index contributed by atoms with van der Waals surface area (Å²) in [6, 6.07) is 5.43. The highest BCUT2D eigenvalue weighted by molar-refractivity contribution is 7.09. The van der Waals surface area contributed by atoms with Crippen molar-refractivity contribution in [2.75, 3.05) is 0 Å². The maximum Gasteiger partial charge on any atom is 0.135 e. The van der Waals surface area contributed by atoms with Gasteiger partial charge in [-0.15, -0.1) is 11.3 Å². The lowest BCUT2D eigenvalue weighted by Gasteiger charge is -1.98. The lowest BCUT2D eigenvalue weighted by Crippen LogP contribution is -1.88. The molecule has 1 aromatic carbocycles. The maximum absolute atomic E-state index is 13.5. The Balaban J connectivity index is 2.28. The summed E-state index contributed by atoms with van der Waals surface area (Å²) in [7, 11) is 0. The van der Waals surface area contributed by atoms with E-state index in [1.807, 2.05) is 6.07 Å². The van der Waals surface area contributed by atoms with Gasteiger partial charge in [0.25, 0.3) is 0 Å². The zero-order valence-electron chi connectivity index (χ0n) is 8.78. The maximum atomic E-state index is 13.5. The second-order valence-corrected chi connectivity index (χ2v) is 4.35. The van der Waals surface area contributed by atoms with E-state index in [2.05, 4.69) is 4.98 Å². The molecule has 0 aliphatic heterocycles. The van der Waals surface area contributed by atoms with Crippen LogP contribution in [0.2, 0.25) is 0 Å². The number of aryl methyl sites for hydroxylation is 1. The monoisotopic (exact) mass is 250 g/mol. The Hall–Kier alpha value is -1.80. The molecule has 0 saturated heterocycles. The minimum absolute atomic E-state index is 0.283. The second-order valence-electron chi connectivity index (χ2n) is 3.41. The summed E-state index contributed by atoms with van der Waals surface area (Å²) in [5, 5.41) is 10.9. The Kier molecular flexibility index (Phi) is 3.45. The normalized spacial score (nSPS) is 10.2. The lowest BCUT2D eigenvalue weighted by molar-refractivity contribution is 0.585. The van der Waals surface area contributed by atoms with Gasteiger partial charge in [-0.05, 0) is 12.1 Å². The van der Waals surface area contributed by atoms with E-state index in [0.717, 1.165) is 11.1 Å². The molecule has 0 fully saturated rings. The van der Waals surface area contributed by atoms with Gasteiger partial charge in [-0.25, -0.2) is 13.8 Å². The molecule has 0 unspecified atom stereocenters. The molecule has 17 heavy (non-hydrogen) atoms. The fraction of sp³-hybridized carbons (Fsp3) is 0.167. The molecule has 0 N–H and O–H groups in total. The van der Waals surface area contributed by atoms with E-state index in [0.29, 0.717) is 18.5 Å². The third kappa shape index (κ3) is 2.66. The van der Waals surface area contributed by atoms with Crippen LogP contribution in [0.4, 0.5) is 8.78 Å². The molecule has 0 bridgehead atoms. The van der Waals surface area contributed by atoms with Gasteiger partial charge in [0.1, 0.15) is 11.6 Å². The van der Waals surface area contributed by atoms with Crippen molar-refractivity contribution in [1.82, 2.24) is 4.98 Å². The quantitative estimate of drug-likeness (QED) is 0.835. The zero-order chi connectivity index (χ0) is 12.3. The van der Waals surface area contributed by atoms with E-state index in [-0.39, 0.29) is 5.56 Å². The average molecular weight is 250 g/mol. The van der Waals surface area contributed by atoms with Crippen LogP contribution in [-0.4, -0.2) is 4.98 Å². The van der Waals surface area contributed by atoms with Crippen LogP contribution in [0.5, 0.6) is 0 Å². The van der Waals surface area contributed by atoms with Crippen LogP contribution in [0.25, 0.3) is 11.3 Å². The van der Waals surface area contributed by atoms with Gasteiger partial charge in [0, 0.05) is 29.9 Å². The number of hydrogen-bond acceptors (Lipinski definition) is 3. The molecular formula is C12H8F2N2S. The van der Waals surface area contributed by atoms with Gasteiger partial charge in [0.05, 0.1) is 16.8 Å². The second kappa shape index (κ2) is 5.02. The highest BCUT2D eigenvalue weighted by Crippen LogP contribution is 2.25. The number of nitriles is 1. The average Bonchev–Trinajstić information content (AvgIpc) is 2.75. The standard InChI is InChI=1S/C12H8F2N2S/c13-8-3-4-9(10(14)6-8)11-7-17-12(16-11)2-1-5-15/h3-4,6-7H,1-2H2. The number of nitrogens with zero attached hydrogens (tertiary/aromatic N) is 2. The topological polar surface area (TPSA) is 36.7 Å². The van der Waals surface area contributed by atoms with E-state index in [1.54, 1.807) is 5.38 Å². The Morgan fingerprint density at radius 2 is 2.18 bits per heavy atom. The molecule has 1 aromatic heterocycles. The van der Waals surface area contributed by atoms with Crippen LogP contribution in [0.3, 0.4) is 0 Å². The number of thiazole rings is 1. The number of benzene rings is 1. The summed E-state index contributed by atoms with van der Waals surface area (Å²) in [6.07, 6.45) is 0.947. The number of aromatic nitrogens is 1. The molecule has 0 radical (unpaired) electrons. The molecule has 2 rings (SSSR count). The van der Waals surface area contributed by atoms with Crippen LogP contribution in [-0.2, 0) is 6.42 Å². The predicted molar refractivity (Wildman–Crippen MR) is 61.4 cm³/mol. The minimum Gasteiger partial charge on any atom is -0.241 e. The van der Waals surface area contributed by atoms with Gasteiger partial charge in [0.2, 0.25) is 0 Å².